The van der Waals surface area contributed by atoms with E-state index in [4.69, 9.17) is 0 Å². The molecule has 1 aromatic heterocycles. The molecule has 2 saturated carbocycles. The molecular weight excluding hydrogens is 524 g/mol. The molecule has 7 heteroatoms. The van der Waals surface area contributed by atoms with Gasteiger partial charge in [-0.25, -0.2) is 4.79 Å². The van der Waals surface area contributed by atoms with Crippen LogP contribution in [-0.4, -0.2) is 32.9 Å². The SMILES string of the molecule is CC1(C)CCC2C(=O)C=C3[C@@]4(C)C=C(C#N)C(=O)C(C)(C)[C@@H]4CC[C@@]3(C)[C@]2(C)CC[C@@](C)(NC(=O)n2cccn2)CC1. The molecule has 0 saturated heterocycles. The monoisotopic (exact) mass is 572 g/mol. The normalized spacial score (nSPS) is 39.4. The van der Waals surface area contributed by atoms with Crippen LogP contribution in [0.1, 0.15) is 107 Å². The Balaban J connectivity index is 1.60. The molecule has 1 N–H and O–H groups in total. The Labute approximate surface area is 251 Å². The number of rotatable bonds is 1. The Kier molecular flexibility index (Phi) is 7.07. The van der Waals surface area contributed by atoms with Crippen LogP contribution in [0, 0.1) is 50.2 Å². The number of aromatic nitrogens is 2. The van der Waals surface area contributed by atoms with E-state index in [2.05, 4.69) is 58.0 Å². The molecule has 226 valence electrons. The van der Waals surface area contributed by atoms with Crippen LogP contribution in [0.3, 0.4) is 0 Å². The number of nitrogens with zero attached hydrogens (tertiary/aromatic N) is 3. The van der Waals surface area contributed by atoms with Crippen molar-refractivity contribution in [3.63, 3.8) is 0 Å². The summed E-state index contributed by atoms with van der Waals surface area (Å²) >= 11 is 0. The van der Waals surface area contributed by atoms with E-state index in [0.29, 0.717) is 0 Å². The van der Waals surface area contributed by atoms with E-state index in [0.717, 1.165) is 56.9 Å². The summed E-state index contributed by atoms with van der Waals surface area (Å²) in [5.41, 5.74) is -1.07. The Morgan fingerprint density at radius 3 is 2.31 bits per heavy atom. The summed E-state index contributed by atoms with van der Waals surface area (Å²) in [6.07, 6.45) is 13.9. The van der Waals surface area contributed by atoms with Gasteiger partial charge in [0.15, 0.2) is 11.6 Å². The van der Waals surface area contributed by atoms with Crippen LogP contribution in [-0.2, 0) is 9.59 Å². The molecule has 0 spiro atoms. The lowest BCUT2D eigenvalue weighted by molar-refractivity contribution is -0.139. The fourth-order valence-electron chi connectivity index (χ4n) is 9.42. The average molecular weight is 573 g/mol. The number of carbonyl (C=O) groups excluding carboxylic acids is 3. The molecular formula is C35H48N4O3. The van der Waals surface area contributed by atoms with Crippen LogP contribution in [0.25, 0.3) is 0 Å². The molecule has 0 aromatic carbocycles. The zero-order chi connectivity index (χ0) is 30.9. The Morgan fingerprint density at radius 1 is 0.976 bits per heavy atom. The van der Waals surface area contributed by atoms with Crippen molar-refractivity contribution in [1.29, 1.82) is 5.26 Å². The van der Waals surface area contributed by atoms with Crippen LogP contribution in [0.15, 0.2) is 41.8 Å². The van der Waals surface area contributed by atoms with Crippen LogP contribution >= 0.6 is 0 Å². The molecule has 1 heterocycles. The van der Waals surface area contributed by atoms with Crippen molar-refractivity contribution < 1.29 is 14.4 Å². The minimum Gasteiger partial charge on any atom is -0.331 e. The summed E-state index contributed by atoms with van der Waals surface area (Å²) in [5, 5.41) is 17.4. The molecule has 0 aliphatic heterocycles. The number of ketones is 2. The highest BCUT2D eigenvalue weighted by molar-refractivity contribution is 6.04. The first-order chi connectivity index (χ1) is 19.4. The number of hydrogen-bond donors (Lipinski definition) is 1. The maximum absolute atomic E-state index is 14.3. The van der Waals surface area contributed by atoms with Gasteiger partial charge in [0.2, 0.25) is 0 Å². The first-order valence-corrected chi connectivity index (χ1v) is 15.7. The number of hydrogen-bond acceptors (Lipinski definition) is 5. The predicted octanol–water partition coefficient (Wildman–Crippen LogP) is 7.19. The summed E-state index contributed by atoms with van der Waals surface area (Å²) in [5.74, 6) is -0.0360. The lowest BCUT2D eigenvalue weighted by Gasteiger charge is -2.65. The van der Waals surface area contributed by atoms with Crippen molar-refractivity contribution in [2.45, 2.75) is 112 Å². The summed E-state index contributed by atoms with van der Waals surface area (Å²) in [7, 11) is 0. The molecule has 1 unspecified atom stereocenters. The van der Waals surface area contributed by atoms with Crippen LogP contribution in [0.4, 0.5) is 4.79 Å². The number of amides is 1. The zero-order valence-corrected chi connectivity index (χ0v) is 26.8. The summed E-state index contributed by atoms with van der Waals surface area (Å²) in [6.45, 7) is 17.4. The fraction of sp³-hybridized carbons (Fsp3) is 0.686. The Bertz CT molecular complexity index is 1410. The standard InChI is InChI=1S/C35H48N4O3/c1-30(2)12-10-24-25(40)20-27-33(6)21-23(22-36)28(41)31(3,4)26(33)11-13-35(27,8)34(24,7)17-16-32(5,15-14-30)38-29(42)39-19-9-18-37-39/h9,18-21,24,26H,10-17H2,1-8H3,(H,38,42)/t24?,26-,32-,33-,34+,35+/m0/s1. The maximum Gasteiger partial charge on any atom is 0.342 e. The summed E-state index contributed by atoms with van der Waals surface area (Å²) in [4.78, 5) is 40.8. The average Bonchev–Trinajstić information content (AvgIpc) is 3.45. The molecule has 42 heavy (non-hydrogen) atoms. The highest BCUT2D eigenvalue weighted by atomic mass is 16.2. The third-order valence-electron chi connectivity index (χ3n) is 12.5. The number of carbonyl (C=O) groups is 3. The highest BCUT2D eigenvalue weighted by Crippen LogP contribution is 2.70. The van der Waals surface area contributed by atoms with Crippen LogP contribution in [0.5, 0.6) is 0 Å². The Hall–Kier alpha value is -3.01. The van der Waals surface area contributed by atoms with Gasteiger partial charge in [0, 0.05) is 34.7 Å². The molecule has 0 bridgehead atoms. The molecule has 6 atom stereocenters. The van der Waals surface area contributed by atoms with Crippen molar-refractivity contribution >= 4 is 17.6 Å². The summed E-state index contributed by atoms with van der Waals surface area (Å²) in [6, 6.07) is 3.70. The highest BCUT2D eigenvalue weighted by Gasteiger charge is 2.65. The first kappa shape index (κ1) is 30.4. The van der Waals surface area contributed by atoms with Gasteiger partial charge in [-0.05, 0) is 92.6 Å². The minimum atomic E-state index is -0.687. The van der Waals surface area contributed by atoms with Gasteiger partial charge in [-0.15, -0.1) is 0 Å². The summed E-state index contributed by atoms with van der Waals surface area (Å²) < 4.78 is 1.35. The Morgan fingerprint density at radius 2 is 1.67 bits per heavy atom. The van der Waals surface area contributed by atoms with Crippen molar-refractivity contribution in [3.05, 3.63) is 41.8 Å². The number of Topliss-reactive ketones (excluding diaryl/α,β-unsaturated/α-hetero) is 1. The molecule has 7 nitrogen and oxygen atoms in total. The van der Waals surface area contributed by atoms with E-state index in [9.17, 15) is 19.6 Å². The number of allylic oxidation sites excluding steroid dienone is 4. The van der Waals surface area contributed by atoms with Gasteiger partial charge in [-0.1, -0.05) is 60.1 Å². The van der Waals surface area contributed by atoms with E-state index >= 15 is 0 Å². The van der Waals surface area contributed by atoms with Crippen molar-refractivity contribution in [2.24, 2.45) is 38.9 Å². The van der Waals surface area contributed by atoms with Crippen LogP contribution in [0.2, 0.25) is 0 Å². The van der Waals surface area contributed by atoms with Crippen molar-refractivity contribution in [2.75, 3.05) is 0 Å². The first-order valence-electron chi connectivity index (χ1n) is 15.7. The van der Waals surface area contributed by atoms with E-state index in [1.54, 1.807) is 18.5 Å². The van der Waals surface area contributed by atoms with Gasteiger partial charge >= 0.3 is 6.03 Å². The van der Waals surface area contributed by atoms with E-state index in [1.165, 1.54) is 4.68 Å². The molecule has 1 aromatic rings. The van der Waals surface area contributed by atoms with E-state index < -0.39 is 16.4 Å². The van der Waals surface area contributed by atoms with Gasteiger partial charge in [-0.3, -0.25) is 9.59 Å². The lowest BCUT2D eigenvalue weighted by atomic mass is 9.38. The van der Waals surface area contributed by atoms with Crippen LogP contribution < -0.4 is 5.32 Å². The second-order valence-corrected chi connectivity index (χ2v) is 16.0. The molecule has 4 aliphatic carbocycles. The molecule has 5 rings (SSSR count). The third-order valence-corrected chi connectivity index (χ3v) is 12.5. The second-order valence-electron chi connectivity index (χ2n) is 16.0. The van der Waals surface area contributed by atoms with Gasteiger partial charge in [0.1, 0.15) is 6.07 Å². The molecule has 2 fully saturated rings. The largest absolute Gasteiger partial charge is 0.342 e. The fourth-order valence-corrected chi connectivity index (χ4v) is 9.42. The van der Waals surface area contributed by atoms with Gasteiger partial charge in [-0.2, -0.15) is 15.0 Å². The second kappa shape index (κ2) is 9.76. The van der Waals surface area contributed by atoms with Gasteiger partial charge < -0.3 is 5.32 Å². The van der Waals surface area contributed by atoms with E-state index in [1.807, 2.05) is 26.0 Å². The number of nitrogens with one attached hydrogen (secondary N) is 1. The topological polar surface area (TPSA) is 105 Å². The number of fused-ring (bicyclic) bond motifs is 5. The lowest BCUT2D eigenvalue weighted by Crippen LogP contribution is -2.60. The zero-order valence-electron chi connectivity index (χ0n) is 26.8. The van der Waals surface area contributed by atoms with Gasteiger partial charge in [0.05, 0.1) is 5.57 Å². The quantitative estimate of drug-likeness (QED) is 0.383. The van der Waals surface area contributed by atoms with E-state index in [-0.39, 0.29) is 51.3 Å². The minimum absolute atomic E-state index is 0.0129. The van der Waals surface area contributed by atoms with Gasteiger partial charge in [0.25, 0.3) is 0 Å². The molecule has 0 radical (unpaired) electrons. The maximum atomic E-state index is 14.3. The predicted molar refractivity (Wildman–Crippen MR) is 162 cm³/mol. The smallest absolute Gasteiger partial charge is 0.331 e. The molecule has 1 amide bonds. The molecule has 4 aliphatic rings. The third kappa shape index (κ3) is 4.52. The van der Waals surface area contributed by atoms with Crippen molar-refractivity contribution in [3.8, 4) is 6.07 Å². The number of nitriles is 1. The van der Waals surface area contributed by atoms with Crippen molar-refractivity contribution in [1.82, 2.24) is 15.1 Å².